The van der Waals surface area contributed by atoms with Gasteiger partial charge in [-0.15, -0.1) is 0 Å². The van der Waals surface area contributed by atoms with Crippen molar-refractivity contribution in [3.05, 3.63) is 17.0 Å². The van der Waals surface area contributed by atoms with Crippen LogP contribution in [0.2, 0.25) is 0 Å². The number of guanidine groups is 1. The Labute approximate surface area is 120 Å². The average Bonchev–Trinajstić information content (AvgIpc) is 2.86. The van der Waals surface area contributed by atoms with E-state index in [0.717, 1.165) is 42.9 Å². The van der Waals surface area contributed by atoms with Crippen LogP contribution in [-0.4, -0.2) is 41.8 Å². The van der Waals surface area contributed by atoms with Gasteiger partial charge in [-0.1, -0.05) is 19.0 Å². The Morgan fingerprint density at radius 1 is 1.45 bits per heavy atom. The van der Waals surface area contributed by atoms with Crippen LogP contribution in [0.15, 0.2) is 9.52 Å². The molecule has 1 aromatic heterocycles. The predicted octanol–water partition coefficient (Wildman–Crippen LogP) is 1.33. The van der Waals surface area contributed by atoms with Crippen LogP contribution in [0.3, 0.4) is 0 Å². The number of hydrogen-bond acceptors (Lipinski definition) is 4. The first-order valence-electron chi connectivity index (χ1n) is 7.28. The second-order valence-corrected chi connectivity index (χ2v) is 5.04. The minimum Gasteiger partial charge on any atom is -0.375 e. The van der Waals surface area contributed by atoms with Gasteiger partial charge in [0.05, 0.1) is 24.9 Å². The lowest BCUT2D eigenvalue weighted by atomic mass is 10.1. The van der Waals surface area contributed by atoms with Crippen molar-refractivity contribution in [2.45, 2.75) is 46.3 Å². The van der Waals surface area contributed by atoms with Gasteiger partial charge in [-0.3, -0.25) is 0 Å². The summed E-state index contributed by atoms with van der Waals surface area (Å²) in [6.07, 6.45) is 1.88. The van der Waals surface area contributed by atoms with Crippen molar-refractivity contribution in [2.24, 2.45) is 10.7 Å². The first kappa shape index (κ1) is 14.8. The molecule has 1 saturated heterocycles. The Bertz CT molecular complexity index is 448. The highest BCUT2D eigenvalue weighted by molar-refractivity contribution is 5.78. The fourth-order valence-corrected chi connectivity index (χ4v) is 2.40. The van der Waals surface area contributed by atoms with Crippen LogP contribution in [0, 0.1) is 0 Å². The van der Waals surface area contributed by atoms with E-state index in [9.17, 15) is 0 Å². The lowest BCUT2D eigenvalue weighted by Gasteiger charge is -2.31. The molecule has 0 bridgehead atoms. The number of morpholine rings is 1. The van der Waals surface area contributed by atoms with Crippen molar-refractivity contribution in [3.63, 3.8) is 0 Å². The summed E-state index contributed by atoms with van der Waals surface area (Å²) >= 11 is 0. The van der Waals surface area contributed by atoms with Crippen LogP contribution < -0.4 is 5.73 Å². The molecule has 1 unspecified atom stereocenters. The molecule has 1 aliphatic rings. The van der Waals surface area contributed by atoms with Gasteiger partial charge in [0.15, 0.2) is 5.96 Å². The van der Waals surface area contributed by atoms with E-state index in [4.69, 9.17) is 15.0 Å². The van der Waals surface area contributed by atoms with E-state index in [1.54, 1.807) is 0 Å². The SMILES string of the molecule is CCc1noc(CC)c1CN=C(N)N1CCOC(C)C1. The summed E-state index contributed by atoms with van der Waals surface area (Å²) in [5.74, 6) is 1.49. The molecule has 112 valence electrons. The topological polar surface area (TPSA) is 76.9 Å². The molecule has 1 fully saturated rings. The van der Waals surface area contributed by atoms with Crippen molar-refractivity contribution in [3.8, 4) is 0 Å². The zero-order valence-corrected chi connectivity index (χ0v) is 12.6. The minimum absolute atomic E-state index is 0.200. The molecule has 2 rings (SSSR count). The fourth-order valence-electron chi connectivity index (χ4n) is 2.40. The van der Waals surface area contributed by atoms with E-state index < -0.39 is 0 Å². The van der Waals surface area contributed by atoms with Crippen molar-refractivity contribution in [2.75, 3.05) is 19.7 Å². The number of aromatic nitrogens is 1. The molecule has 0 amide bonds. The van der Waals surface area contributed by atoms with E-state index in [1.807, 2.05) is 6.92 Å². The molecule has 0 spiro atoms. The maximum atomic E-state index is 6.08. The van der Waals surface area contributed by atoms with Gasteiger partial charge >= 0.3 is 0 Å². The maximum absolute atomic E-state index is 6.08. The summed E-state index contributed by atoms with van der Waals surface area (Å²) in [5.41, 5.74) is 8.14. The fraction of sp³-hybridized carbons (Fsp3) is 0.714. The molecular weight excluding hydrogens is 256 g/mol. The number of ether oxygens (including phenoxy) is 1. The van der Waals surface area contributed by atoms with Crippen LogP contribution in [-0.2, 0) is 24.1 Å². The van der Waals surface area contributed by atoms with Crippen molar-refractivity contribution in [1.82, 2.24) is 10.1 Å². The van der Waals surface area contributed by atoms with E-state index in [1.165, 1.54) is 0 Å². The van der Waals surface area contributed by atoms with Gasteiger partial charge in [0.25, 0.3) is 0 Å². The lowest BCUT2D eigenvalue weighted by Crippen LogP contribution is -2.47. The highest BCUT2D eigenvalue weighted by Crippen LogP contribution is 2.17. The van der Waals surface area contributed by atoms with Gasteiger partial charge in [0.1, 0.15) is 5.76 Å². The molecule has 2 heterocycles. The van der Waals surface area contributed by atoms with Crippen molar-refractivity contribution in [1.29, 1.82) is 0 Å². The number of aliphatic imine (C=N–C) groups is 1. The molecular formula is C14H24N4O2. The summed E-state index contributed by atoms with van der Waals surface area (Å²) < 4.78 is 10.8. The standard InChI is InChI=1S/C14H24N4O2/c1-4-12-11(13(5-2)20-17-12)8-16-14(15)18-6-7-19-10(3)9-18/h10H,4-9H2,1-3H3,(H2,15,16). The first-order valence-corrected chi connectivity index (χ1v) is 7.28. The predicted molar refractivity (Wildman–Crippen MR) is 77.6 cm³/mol. The van der Waals surface area contributed by atoms with Crippen LogP contribution in [0.5, 0.6) is 0 Å². The summed E-state index contributed by atoms with van der Waals surface area (Å²) in [5, 5.41) is 4.09. The van der Waals surface area contributed by atoms with E-state index in [2.05, 4.69) is 28.9 Å². The number of hydrogen-bond donors (Lipinski definition) is 1. The molecule has 2 N–H and O–H groups in total. The quantitative estimate of drug-likeness (QED) is 0.665. The van der Waals surface area contributed by atoms with Crippen LogP contribution >= 0.6 is 0 Å². The molecule has 6 heteroatoms. The van der Waals surface area contributed by atoms with Crippen LogP contribution in [0.1, 0.15) is 37.8 Å². The van der Waals surface area contributed by atoms with Gasteiger partial charge in [-0.25, -0.2) is 4.99 Å². The number of rotatable bonds is 4. The Morgan fingerprint density at radius 2 is 2.25 bits per heavy atom. The summed E-state index contributed by atoms with van der Waals surface area (Å²) in [4.78, 5) is 6.58. The molecule has 1 aromatic rings. The normalized spacial score (nSPS) is 20.4. The minimum atomic E-state index is 0.200. The second kappa shape index (κ2) is 6.74. The van der Waals surface area contributed by atoms with E-state index >= 15 is 0 Å². The summed E-state index contributed by atoms with van der Waals surface area (Å²) in [7, 11) is 0. The van der Waals surface area contributed by atoms with Crippen LogP contribution in [0.25, 0.3) is 0 Å². The second-order valence-electron chi connectivity index (χ2n) is 5.04. The van der Waals surface area contributed by atoms with Gasteiger partial charge in [0, 0.05) is 25.1 Å². The highest BCUT2D eigenvalue weighted by Gasteiger charge is 2.19. The molecule has 0 aliphatic carbocycles. The number of nitrogens with two attached hydrogens (primary N) is 1. The van der Waals surface area contributed by atoms with Gasteiger partial charge < -0.3 is 19.9 Å². The number of aryl methyl sites for hydroxylation is 2. The first-order chi connectivity index (χ1) is 9.65. The number of nitrogens with zero attached hydrogens (tertiary/aromatic N) is 3. The highest BCUT2D eigenvalue weighted by atomic mass is 16.5. The molecule has 6 nitrogen and oxygen atoms in total. The average molecular weight is 280 g/mol. The molecule has 20 heavy (non-hydrogen) atoms. The van der Waals surface area contributed by atoms with E-state index in [0.29, 0.717) is 19.1 Å². The largest absolute Gasteiger partial charge is 0.375 e. The third-order valence-electron chi connectivity index (χ3n) is 3.57. The van der Waals surface area contributed by atoms with Gasteiger partial charge in [-0.2, -0.15) is 0 Å². The third kappa shape index (κ3) is 3.30. The molecule has 1 atom stereocenters. The molecule has 0 radical (unpaired) electrons. The zero-order valence-electron chi connectivity index (χ0n) is 12.6. The summed E-state index contributed by atoms with van der Waals surface area (Å²) in [6, 6.07) is 0. The molecule has 0 aromatic carbocycles. The lowest BCUT2D eigenvalue weighted by molar-refractivity contribution is 0.00528. The van der Waals surface area contributed by atoms with Crippen molar-refractivity contribution < 1.29 is 9.26 Å². The monoisotopic (exact) mass is 280 g/mol. The van der Waals surface area contributed by atoms with Gasteiger partial charge in [-0.05, 0) is 13.3 Å². The maximum Gasteiger partial charge on any atom is 0.191 e. The Kier molecular flexibility index (Phi) is 5.00. The van der Waals surface area contributed by atoms with E-state index in [-0.39, 0.29) is 6.10 Å². The smallest absolute Gasteiger partial charge is 0.191 e. The Morgan fingerprint density at radius 3 is 2.90 bits per heavy atom. The van der Waals surface area contributed by atoms with Crippen molar-refractivity contribution >= 4 is 5.96 Å². The van der Waals surface area contributed by atoms with Gasteiger partial charge in [0.2, 0.25) is 0 Å². The van der Waals surface area contributed by atoms with Crippen LogP contribution in [0.4, 0.5) is 0 Å². The molecule has 1 aliphatic heterocycles. The molecule has 0 saturated carbocycles. The Hall–Kier alpha value is -1.56. The third-order valence-corrected chi connectivity index (χ3v) is 3.57. The zero-order chi connectivity index (χ0) is 14.5. The summed E-state index contributed by atoms with van der Waals surface area (Å²) in [6.45, 7) is 8.99. The Balaban J connectivity index is 2.06.